The van der Waals surface area contributed by atoms with Crippen LogP contribution in [0.25, 0.3) is 0 Å². The van der Waals surface area contributed by atoms with Crippen LogP contribution in [-0.4, -0.2) is 54.5 Å². The van der Waals surface area contributed by atoms with Gasteiger partial charge in [0.25, 0.3) is 0 Å². The second-order valence-electron chi connectivity index (χ2n) is 6.25. The molecule has 0 aromatic heterocycles. The molecule has 2 aliphatic rings. The molecule has 0 saturated carbocycles. The molecular formula is C17H24FN3O. The van der Waals surface area contributed by atoms with Crippen molar-refractivity contribution < 1.29 is 9.18 Å². The molecule has 1 aromatic rings. The molecular weight excluding hydrogens is 281 g/mol. The first kappa shape index (κ1) is 15.4. The maximum atomic E-state index is 13.5. The van der Waals surface area contributed by atoms with Gasteiger partial charge in [-0.2, -0.15) is 0 Å². The molecule has 0 radical (unpaired) electrons. The number of benzene rings is 1. The lowest BCUT2D eigenvalue weighted by Crippen LogP contribution is -2.50. The molecule has 3 rings (SSSR count). The van der Waals surface area contributed by atoms with Gasteiger partial charge in [-0.15, -0.1) is 0 Å². The summed E-state index contributed by atoms with van der Waals surface area (Å²) in [4.78, 5) is 16.9. The zero-order valence-corrected chi connectivity index (χ0v) is 12.9. The monoisotopic (exact) mass is 305 g/mol. The van der Waals surface area contributed by atoms with E-state index in [1.807, 2.05) is 0 Å². The molecule has 22 heavy (non-hydrogen) atoms. The number of piperazine rings is 1. The highest BCUT2D eigenvalue weighted by Crippen LogP contribution is 2.21. The standard InChI is InChI=1S/C17H24FN3O/c18-16-6-2-1-4-14(16)12-19-17(22)7-9-20-10-11-21-8-3-5-15(21)13-20/h1-2,4,6,15H,3,5,7-13H2,(H,19,22)/t15-/m1/s1. The number of rotatable bonds is 5. The van der Waals surface area contributed by atoms with E-state index in [-0.39, 0.29) is 18.3 Å². The Hall–Kier alpha value is -1.46. The molecule has 0 spiro atoms. The van der Waals surface area contributed by atoms with Gasteiger partial charge >= 0.3 is 0 Å². The summed E-state index contributed by atoms with van der Waals surface area (Å²) in [5.74, 6) is -0.266. The zero-order valence-electron chi connectivity index (χ0n) is 12.9. The number of carbonyl (C=O) groups excluding carboxylic acids is 1. The highest BCUT2D eigenvalue weighted by atomic mass is 19.1. The first-order valence-electron chi connectivity index (χ1n) is 8.19. The zero-order chi connectivity index (χ0) is 15.4. The summed E-state index contributed by atoms with van der Waals surface area (Å²) >= 11 is 0. The molecule has 120 valence electrons. The van der Waals surface area contributed by atoms with Crippen LogP contribution in [0.5, 0.6) is 0 Å². The summed E-state index contributed by atoms with van der Waals surface area (Å²) in [5.41, 5.74) is 0.537. The van der Waals surface area contributed by atoms with E-state index in [0.717, 1.165) is 26.2 Å². The van der Waals surface area contributed by atoms with E-state index < -0.39 is 0 Å². The van der Waals surface area contributed by atoms with Gasteiger partial charge in [0.1, 0.15) is 5.82 Å². The van der Waals surface area contributed by atoms with Gasteiger partial charge in [-0.3, -0.25) is 14.6 Å². The molecule has 1 N–H and O–H groups in total. The minimum absolute atomic E-state index is 0.00268. The van der Waals surface area contributed by atoms with E-state index in [9.17, 15) is 9.18 Å². The highest BCUT2D eigenvalue weighted by molar-refractivity contribution is 5.76. The predicted octanol–water partition coefficient (Wildman–Crippen LogP) is 1.61. The third-order valence-electron chi connectivity index (χ3n) is 4.76. The molecule has 1 atom stereocenters. The van der Waals surface area contributed by atoms with Gasteiger partial charge in [0, 0.05) is 50.7 Å². The second kappa shape index (κ2) is 7.20. The summed E-state index contributed by atoms with van der Waals surface area (Å²) in [6, 6.07) is 7.25. The fourth-order valence-electron chi connectivity index (χ4n) is 3.44. The Labute approximate surface area is 131 Å². The van der Waals surface area contributed by atoms with Crippen molar-refractivity contribution in [2.24, 2.45) is 0 Å². The normalized spacial score (nSPS) is 22.5. The highest BCUT2D eigenvalue weighted by Gasteiger charge is 2.30. The van der Waals surface area contributed by atoms with Gasteiger partial charge in [-0.25, -0.2) is 4.39 Å². The van der Waals surface area contributed by atoms with Crippen molar-refractivity contribution in [2.75, 3.05) is 32.7 Å². The quantitative estimate of drug-likeness (QED) is 0.898. The minimum Gasteiger partial charge on any atom is -0.352 e. The van der Waals surface area contributed by atoms with Crippen LogP contribution in [-0.2, 0) is 11.3 Å². The van der Waals surface area contributed by atoms with Gasteiger partial charge in [-0.05, 0) is 25.5 Å². The lowest BCUT2D eigenvalue weighted by Gasteiger charge is -2.37. The SMILES string of the molecule is O=C(CCN1CCN2CCC[C@@H]2C1)NCc1ccccc1F. The van der Waals surface area contributed by atoms with Crippen LogP contribution in [0.1, 0.15) is 24.8 Å². The Morgan fingerprint density at radius 3 is 3.00 bits per heavy atom. The number of hydrogen-bond donors (Lipinski definition) is 1. The molecule has 0 aliphatic carbocycles. The predicted molar refractivity (Wildman–Crippen MR) is 83.9 cm³/mol. The van der Waals surface area contributed by atoms with Gasteiger partial charge in [-0.1, -0.05) is 18.2 Å². The Morgan fingerprint density at radius 2 is 2.14 bits per heavy atom. The molecule has 1 aromatic carbocycles. The lowest BCUT2D eigenvalue weighted by atomic mass is 10.1. The van der Waals surface area contributed by atoms with E-state index >= 15 is 0 Å². The fourth-order valence-corrected chi connectivity index (χ4v) is 3.44. The molecule has 1 amide bonds. The van der Waals surface area contributed by atoms with Gasteiger partial charge in [0.05, 0.1) is 0 Å². The maximum Gasteiger partial charge on any atom is 0.221 e. The van der Waals surface area contributed by atoms with Crippen LogP contribution in [0.15, 0.2) is 24.3 Å². The molecule has 2 heterocycles. The van der Waals surface area contributed by atoms with Crippen molar-refractivity contribution in [1.29, 1.82) is 0 Å². The molecule has 0 bridgehead atoms. The van der Waals surface area contributed by atoms with Gasteiger partial charge in [0.15, 0.2) is 0 Å². The van der Waals surface area contributed by atoms with Crippen LogP contribution in [0, 0.1) is 5.82 Å². The van der Waals surface area contributed by atoms with Crippen molar-refractivity contribution in [1.82, 2.24) is 15.1 Å². The summed E-state index contributed by atoms with van der Waals surface area (Å²) in [5, 5.41) is 2.81. The first-order chi connectivity index (χ1) is 10.7. The molecule has 5 heteroatoms. The summed E-state index contributed by atoms with van der Waals surface area (Å²) in [6.45, 7) is 5.57. The number of carbonyl (C=O) groups is 1. The number of hydrogen-bond acceptors (Lipinski definition) is 3. The van der Waals surface area contributed by atoms with Gasteiger partial charge < -0.3 is 5.32 Å². The topological polar surface area (TPSA) is 35.6 Å². The Balaban J connectivity index is 1.38. The summed E-state index contributed by atoms with van der Waals surface area (Å²) < 4.78 is 13.5. The lowest BCUT2D eigenvalue weighted by molar-refractivity contribution is -0.121. The molecule has 2 saturated heterocycles. The second-order valence-corrected chi connectivity index (χ2v) is 6.25. The van der Waals surface area contributed by atoms with E-state index in [1.54, 1.807) is 18.2 Å². The van der Waals surface area contributed by atoms with Crippen molar-refractivity contribution >= 4 is 5.91 Å². The third-order valence-corrected chi connectivity index (χ3v) is 4.76. The Bertz CT molecular complexity index is 522. The van der Waals surface area contributed by atoms with Crippen molar-refractivity contribution in [2.45, 2.75) is 31.8 Å². The van der Waals surface area contributed by atoms with Crippen LogP contribution in [0.4, 0.5) is 4.39 Å². The van der Waals surface area contributed by atoms with E-state index in [2.05, 4.69) is 15.1 Å². The van der Waals surface area contributed by atoms with Gasteiger partial charge in [0.2, 0.25) is 5.91 Å². The Kier molecular flexibility index (Phi) is 5.05. The molecule has 4 nitrogen and oxygen atoms in total. The largest absolute Gasteiger partial charge is 0.352 e. The molecule has 2 aliphatic heterocycles. The maximum absolute atomic E-state index is 13.5. The number of fused-ring (bicyclic) bond motifs is 1. The first-order valence-corrected chi connectivity index (χ1v) is 8.19. The van der Waals surface area contributed by atoms with Crippen molar-refractivity contribution in [3.8, 4) is 0 Å². The molecule has 0 unspecified atom stereocenters. The smallest absolute Gasteiger partial charge is 0.221 e. The molecule has 2 fully saturated rings. The third kappa shape index (κ3) is 3.84. The van der Waals surface area contributed by atoms with E-state index in [0.29, 0.717) is 18.0 Å². The fraction of sp³-hybridized carbons (Fsp3) is 0.588. The van der Waals surface area contributed by atoms with E-state index in [1.165, 1.54) is 25.5 Å². The van der Waals surface area contributed by atoms with Crippen LogP contribution in [0.2, 0.25) is 0 Å². The average molecular weight is 305 g/mol. The summed E-state index contributed by atoms with van der Waals surface area (Å²) in [7, 11) is 0. The Morgan fingerprint density at radius 1 is 1.27 bits per heavy atom. The van der Waals surface area contributed by atoms with Crippen LogP contribution in [0.3, 0.4) is 0 Å². The number of nitrogens with zero attached hydrogens (tertiary/aromatic N) is 2. The number of halogens is 1. The van der Waals surface area contributed by atoms with Crippen molar-refractivity contribution in [3.05, 3.63) is 35.6 Å². The number of nitrogens with one attached hydrogen (secondary N) is 1. The van der Waals surface area contributed by atoms with E-state index in [4.69, 9.17) is 0 Å². The van der Waals surface area contributed by atoms with Crippen LogP contribution < -0.4 is 5.32 Å². The average Bonchev–Trinajstić information content (AvgIpc) is 2.99. The summed E-state index contributed by atoms with van der Waals surface area (Å²) in [6.07, 6.45) is 3.08. The van der Waals surface area contributed by atoms with Crippen molar-refractivity contribution in [3.63, 3.8) is 0 Å². The van der Waals surface area contributed by atoms with Crippen LogP contribution >= 0.6 is 0 Å². The minimum atomic E-state index is -0.264. The number of amides is 1.